The van der Waals surface area contributed by atoms with Gasteiger partial charge in [-0.25, -0.2) is 0 Å². The molecule has 3 aliphatic carbocycles. The van der Waals surface area contributed by atoms with Crippen LogP contribution in [0.15, 0.2) is 46.6 Å². The van der Waals surface area contributed by atoms with E-state index < -0.39 is 17.8 Å². The molecule has 6 nitrogen and oxygen atoms in total. The number of ketones is 2. The van der Waals surface area contributed by atoms with Crippen LogP contribution in [0.4, 0.5) is 0 Å². The number of aryl methyl sites for hydroxylation is 2. The van der Waals surface area contributed by atoms with Gasteiger partial charge in [0.1, 0.15) is 5.75 Å². The van der Waals surface area contributed by atoms with Crippen LogP contribution in [0.2, 0.25) is 0 Å². The number of carbonyl (C=O) groups excluding carboxylic acids is 4. The van der Waals surface area contributed by atoms with Crippen LogP contribution in [-0.4, -0.2) is 39.9 Å². The number of hydrogen-bond acceptors (Lipinski definition) is 5. The molecular formula is C27H27NO5. The Bertz CT molecular complexity index is 1220. The number of rotatable bonds is 2. The summed E-state index contributed by atoms with van der Waals surface area (Å²) in [5.74, 6) is -2.16. The molecule has 0 saturated carbocycles. The number of phenols is 1. The Morgan fingerprint density at radius 1 is 1.00 bits per heavy atom. The van der Waals surface area contributed by atoms with Crippen molar-refractivity contribution in [1.29, 1.82) is 0 Å². The first-order chi connectivity index (χ1) is 15.6. The van der Waals surface area contributed by atoms with Crippen LogP contribution in [0.3, 0.4) is 0 Å². The average molecular weight is 446 g/mol. The number of carbonyl (C=O) groups is 4. The summed E-state index contributed by atoms with van der Waals surface area (Å²) >= 11 is 0. The van der Waals surface area contributed by atoms with E-state index in [-0.39, 0.29) is 35.0 Å². The lowest BCUT2D eigenvalue weighted by Gasteiger charge is -2.42. The second kappa shape index (κ2) is 7.37. The second-order valence-corrected chi connectivity index (χ2v) is 9.65. The maximum absolute atomic E-state index is 13.4. The number of hydrogen-bond donors (Lipinski definition) is 1. The molecule has 33 heavy (non-hydrogen) atoms. The van der Waals surface area contributed by atoms with Gasteiger partial charge in [0.05, 0.1) is 11.8 Å². The summed E-state index contributed by atoms with van der Waals surface area (Å²) in [6.07, 6.45) is 4.15. The summed E-state index contributed by atoms with van der Waals surface area (Å²) in [5, 5.41) is 10.3. The molecular weight excluding hydrogens is 418 g/mol. The van der Waals surface area contributed by atoms with Gasteiger partial charge in [0, 0.05) is 29.2 Å². The number of imide groups is 1. The Balaban J connectivity index is 1.72. The van der Waals surface area contributed by atoms with E-state index in [1.165, 1.54) is 11.0 Å². The number of phenolic OH excluding ortho intramolecular Hbond substituents is 1. The highest BCUT2D eigenvalue weighted by Crippen LogP contribution is 2.55. The number of allylic oxidation sites excluding steroid dienone is 6. The Hall–Kier alpha value is -3.28. The molecule has 0 unspecified atom stereocenters. The van der Waals surface area contributed by atoms with E-state index in [0.29, 0.717) is 47.2 Å². The molecule has 1 N–H and O–H groups in total. The zero-order chi connectivity index (χ0) is 23.8. The first kappa shape index (κ1) is 21.6. The van der Waals surface area contributed by atoms with Gasteiger partial charge in [-0.1, -0.05) is 23.8 Å². The van der Waals surface area contributed by atoms with Crippen LogP contribution >= 0.6 is 0 Å². The van der Waals surface area contributed by atoms with Crippen LogP contribution in [-0.2, 0) is 19.2 Å². The van der Waals surface area contributed by atoms with Crippen molar-refractivity contribution >= 4 is 23.4 Å². The Labute approximate surface area is 192 Å². The first-order valence-electron chi connectivity index (χ1n) is 11.5. The summed E-state index contributed by atoms with van der Waals surface area (Å²) in [6.45, 7) is 7.41. The molecule has 5 rings (SSSR count). The van der Waals surface area contributed by atoms with Crippen LogP contribution in [0.25, 0.3) is 0 Å². The lowest BCUT2D eigenvalue weighted by Crippen LogP contribution is -2.39. The van der Waals surface area contributed by atoms with Gasteiger partial charge in [0.25, 0.3) is 0 Å². The molecule has 1 aliphatic heterocycles. The van der Waals surface area contributed by atoms with E-state index in [0.717, 1.165) is 11.1 Å². The molecule has 4 atom stereocenters. The van der Waals surface area contributed by atoms with Gasteiger partial charge in [-0.2, -0.15) is 0 Å². The monoisotopic (exact) mass is 445 g/mol. The Morgan fingerprint density at radius 2 is 1.67 bits per heavy atom. The number of fused-ring (bicyclic) bond motifs is 3. The summed E-state index contributed by atoms with van der Waals surface area (Å²) in [5.41, 5.74) is 4.49. The summed E-state index contributed by atoms with van der Waals surface area (Å²) in [6, 6.07) is 3.72. The van der Waals surface area contributed by atoms with Gasteiger partial charge in [-0.15, -0.1) is 0 Å². The maximum atomic E-state index is 13.4. The molecule has 0 spiro atoms. The number of amides is 2. The van der Waals surface area contributed by atoms with E-state index >= 15 is 0 Å². The molecule has 2 amide bonds. The third-order valence-corrected chi connectivity index (χ3v) is 7.82. The third kappa shape index (κ3) is 2.93. The third-order valence-electron chi connectivity index (χ3n) is 7.82. The van der Waals surface area contributed by atoms with Crippen LogP contribution in [0.5, 0.6) is 5.75 Å². The molecule has 1 fully saturated rings. The van der Waals surface area contributed by atoms with Gasteiger partial charge in [0.15, 0.2) is 11.6 Å². The zero-order valence-corrected chi connectivity index (χ0v) is 19.3. The van der Waals surface area contributed by atoms with Crippen molar-refractivity contribution in [3.63, 3.8) is 0 Å². The predicted octanol–water partition coefficient (Wildman–Crippen LogP) is 3.46. The maximum Gasteiger partial charge on any atom is 0.233 e. The number of nitrogens with zero attached hydrogens (tertiary/aromatic N) is 1. The van der Waals surface area contributed by atoms with Gasteiger partial charge in [-0.05, 0) is 69.2 Å². The molecule has 1 heterocycles. The molecule has 0 bridgehead atoms. The van der Waals surface area contributed by atoms with Crippen molar-refractivity contribution in [2.24, 2.45) is 17.8 Å². The summed E-state index contributed by atoms with van der Waals surface area (Å²) in [7, 11) is 0. The first-order valence-corrected chi connectivity index (χ1v) is 11.5. The fraction of sp³-hybridized carbons (Fsp3) is 0.407. The number of Topliss-reactive ketones (excluding diaryl/α,β-unsaturated/α-hetero) is 1. The molecule has 170 valence electrons. The summed E-state index contributed by atoms with van der Waals surface area (Å²) in [4.78, 5) is 53.9. The zero-order valence-electron chi connectivity index (χ0n) is 19.3. The normalized spacial score (nSPS) is 29.0. The van der Waals surface area contributed by atoms with E-state index in [1.807, 2.05) is 32.1 Å². The van der Waals surface area contributed by atoms with Crippen molar-refractivity contribution in [3.8, 4) is 5.75 Å². The molecule has 6 heteroatoms. The molecule has 1 saturated heterocycles. The van der Waals surface area contributed by atoms with E-state index in [4.69, 9.17) is 0 Å². The highest BCUT2D eigenvalue weighted by Gasteiger charge is 2.55. The number of benzene rings is 1. The standard InChI is InChI=1S/C27H27NO5/c1-5-28-26(32)17-7-6-16-18(22(17)27(28)33)11-19-20(29)10-14(4)25(31)23(19)21(16)15-8-12(2)24(30)13(3)9-15/h6,8-10,17-18,21-22,30H,5,7,11H2,1-4H3/t17-,18+,21-,22-/m0/s1. The van der Waals surface area contributed by atoms with E-state index in [1.54, 1.807) is 13.8 Å². The molecule has 4 aliphatic rings. The molecule has 0 radical (unpaired) electrons. The Kier molecular flexibility index (Phi) is 4.82. The number of likely N-dealkylation sites (tertiary alicyclic amines) is 1. The van der Waals surface area contributed by atoms with Gasteiger partial charge < -0.3 is 5.11 Å². The molecule has 1 aromatic rings. The van der Waals surface area contributed by atoms with Crippen molar-refractivity contribution in [1.82, 2.24) is 4.90 Å². The van der Waals surface area contributed by atoms with Crippen molar-refractivity contribution in [2.75, 3.05) is 6.54 Å². The fourth-order valence-corrected chi connectivity index (χ4v) is 6.27. The molecule has 0 aromatic heterocycles. The lowest BCUT2D eigenvalue weighted by molar-refractivity contribution is -0.139. The van der Waals surface area contributed by atoms with E-state index in [2.05, 4.69) is 0 Å². The van der Waals surface area contributed by atoms with Gasteiger partial charge in [-0.3, -0.25) is 24.1 Å². The second-order valence-electron chi connectivity index (χ2n) is 9.65. The molecule has 1 aromatic carbocycles. The number of aromatic hydroxyl groups is 1. The predicted molar refractivity (Wildman–Crippen MR) is 121 cm³/mol. The van der Waals surface area contributed by atoms with Gasteiger partial charge >= 0.3 is 0 Å². The Morgan fingerprint density at radius 3 is 2.30 bits per heavy atom. The smallest absolute Gasteiger partial charge is 0.233 e. The quantitative estimate of drug-likeness (QED) is 0.428. The highest BCUT2D eigenvalue weighted by molar-refractivity contribution is 6.23. The van der Waals surface area contributed by atoms with Crippen LogP contribution in [0.1, 0.15) is 49.3 Å². The SMILES string of the molecule is CCN1C(=O)[C@H]2[C@H](CC=C3[C@H](c4cc(C)c(O)c(C)c4)C4=C(C[C@H]32)C(=O)C=C(C)C4=O)C1=O. The average Bonchev–Trinajstić information content (AvgIpc) is 3.03. The minimum atomic E-state index is -0.511. The largest absolute Gasteiger partial charge is 0.507 e. The fourth-order valence-electron chi connectivity index (χ4n) is 6.27. The highest BCUT2D eigenvalue weighted by atomic mass is 16.3. The topological polar surface area (TPSA) is 91.8 Å². The minimum absolute atomic E-state index is 0.141. The van der Waals surface area contributed by atoms with Crippen LogP contribution < -0.4 is 0 Å². The van der Waals surface area contributed by atoms with Crippen molar-refractivity contribution < 1.29 is 24.3 Å². The summed E-state index contributed by atoms with van der Waals surface area (Å²) < 4.78 is 0. The van der Waals surface area contributed by atoms with Crippen LogP contribution in [0, 0.1) is 31.6 Å². The van der Waals surface area contributed by atoms with Crippen molar-refractivity contribution in [3.05, 3.63) is 63.3 Å². The minimum Gasteiger partial charge on any atom is -0.507 e. The van der Waals surface area contributed by atoms with E-state index in [9.17, 15) is 24.3 Å². The van der Waals surface area contributed by atoms with Gasteiger partial charge in [0.2, 0.25) is 11.8 Å². The van der Waals surface area contributed by atoms with Crippen molar-refractivity contribution in [2.45, 2.75) is 46.5 Å². The lowest BCUT2D eigenvalue weighted by atomic mass is 9.59.